The summed E-state index contributed by atoms with van der Waals surface area (Å²) < 4.78 is 39.5. The molecule has 0 unspecified atom stereocenters. The summed E-state index contributed by atoms with van der Waals surface area (Å²) in [7, 11) is -3.77. The number of ketones is 1. The molecule has 3 aromatic rings. The SMILES string of the molecule is CCCn1c(C)cc(C(=O)COC(=O)c2ccc(S(=O)(=O)NCc3ccco3)cc2)c1C. The third-order valence-electron chi connectivity index (χ3n) is 5.07. The molecule has 0 fully saturated rings. The van der Waals surface area contributed by atoms with E-state index in [9.17, 15) is 18.0 Å². The van der Waals surface area contributed by atoms with Crippen molar-refractivity contribution in [1.82, 2.24) is 9.29 Å². The van der Waals surface area contributed by atoms with Crippen LogP contribution in [-0.4, -0.2) is 31.3 Å². The Morgan fingerprint density at radius 2 is 1.84 bits per heavy atom. The van der Waals surface area contributed by atoms with E-state index in [-0.39, 0.29) is 29.4 Å². The van der Waals surface area contributed by atoms with Crippen LogP contribution in [0.5, 0.6) is 0 Å². The first-order valence-electron chi connectivity index (χ1n) is 10.2. The fourth-order valence-corrected chi connectivity index (χ4v) is 4.37. The maximum Gasteiger partial charge on any atom is 0.338 e. The maximum absolute atomic E-state index is 12.5. The van der Waals surface area contributed by atoms with Crippen LogP contribution >= 0.6 is 0 Å². The molecule has 1 aromatic carbocycles. The van der Waals surface area contributed by atoms with E-state index in [0.29, 0.717) is 11.3 Å². The number of aryl methyl sites for hydroxylation is 1. The molecule has 2 heterocycles. The number of nitrogens with one attached hydrogen (secondary N) is 1. The third-order valence-corrected chi connectivity index (χ3v) is 6.49. The second kappa shape index (κ2) is 9.97. The Morgan fingerprint density at radius 1 is 1.12 bits per heavy atom. The van der Waals surface area contributed by atoms with Crippen LogP contribution in [0, 0.1) is 13.8 Å². The minimum atomic E-state index is -3.77. The summed E-state index contributed by atoms with van der Waals surface area (Å²) in [5.41, 5.74) is 2.52. The van der Waals surface area contributed by atoms with Crippen LogP contribution in [0.25, 0.3) is 0 Å². The van der Waals surface area contributed by atoms with Gasteiger partial charge in [0.05, 0.1) is 23.3 Å². The van der Waals surface area contributed by atoms with Crippen LogP contribution in [0.4, 0.5) is 0 Å². The van der Waals surface area contributed by atoms with Crippen LogP contribution in [-0.2, 0) is 27.8 Å². The van der Waals surface area contributed by atoms with E-state index >= 15 is 0 Å². The number of hydrogen-bond donors (Lipinski definition) is 1. The quantitative estimate of drug-likeness (QED) is 0.367. The lowest BCUT2D eigenvalue weighted by Crippen LogP contribution is -2.23. The molecular weight excluding hydrogens is 432 g/mol. The zero-order chi connectivity index (χ0) is 23.3. The second-order valence-corrected chi connectivity index (χ2v) is 9.13. The van der Waals surface area contributed by atoms with Gasteiger partial charge in [0, 0.05) is 23.5 Å². The molecule has 0 atom stereocenters. The van der Waals surface area contributed by atoms with Crippen LogP contribution in [0.2, 0.25) is 0 Å². The summed E-state index contributed by atoms with van der Waals surface area (Å²) in [6, 6.07) is 10.4. The number of furan rings is 1. The van der Waals surface area contributed by atoms with E-state index in [4.69, 9.17) is 9.15 Å². The largest absolute Gasteiger partial charge is 0.468 e. The van der Waals surface area contributed by atoms with Crippen molar-refractivity contribution in [1.29, 1.82) is 0 Å². The molecule has 0 saturated carbocycles. The Bertz CT molecular complexity index is 1190. The average molecular weight is 459 g/mol. The predicted octanol–water partition coefficient (Wildman–Crippen LogP) is 3.63. The Labute approximate surface area is 187 Å². The van der Waals surface area contributed by atoms with Crippen LogP contribution in [0.15, 0.2) is 58.0 Å². The van der Waals surface area contributed by atoms with Gasteiger partial charge in [-0.2, -0.15) is 0 Å². The first-order valence-corrected chi connectivity index (χ1v) is 11.7. The molecule has 3 rings (SSSR count). The van der Waals surface area contributed by atoms with Gasteiger partial charge in [-0.15, -0.1) is 0 Å². The molecule has 0 bridgehead atoms. The van der Waals surface area contributed by atoms with E-state index in [1.807, 2.05) is 13.8 Å². The van der Waals surface area contributed by atoms with Crippen molar-refractivity contribution in [2.75, 3.05) is 6.61 Å². The lowest BCUT2D eigenvalue weighted by Gasteiger charge is -2.08. The first-order chi connectivity index (χ1) is 15.2. The van der Waals surface area contributed by atoms with Gasteiger partial charge in [0.2, 0.25) is 15.8 Å². The van der Waals surface area contributed by atoms with E-state index < -0.39 is 16.0 Å². The fourth-order valence-electron chi connectivity index (χ4n) is 3.38. The van der Waals surface area contributed by atoms with Crippen LogP contribution in [0.3, 0.4) is 0 Å². The van der Waals surface area contributed by atoms with Crippen molar-refractivity contribution >= 4 is 21.8 Å². The number of aromatic nitrogens is 1. The molecular formula is C23H26N2O6S. The highest BCUT2D eigenvalue weighted by molar-refractivity contribution is 7.89. The van der Waals surface area contributed by atoms with E-state index in [1.165, 1.54) is 30.5 Å². The highest BCUT2D eigenvalue weighted by Crippen LogP contribution is 2.17. The predicted molar refractivity (Wildman–Crippen MR) is 118 cm³/mol. The molecule has 170 valence electrons. The molecule has 0 aliphatic carbocycles. The maximum atomic E-state index is 12.5. The number of Topliss-reactive ketones (excluding diaryl/α,β-unsaturated/α-hetero) is 1. The summed E-state index contributed by atoms with van der Waals surface area (Å²) in [5.74, 6) is -0.503. The lowest BCUT2D eigenvalue weighted by atomic mass is 10.1. The number of carbonyl (C=O) groups is 2. The van der Waals surface area contributed by atoms with Crippen molar-refractivity contribution < 1.29 is 27.2 Å². The highest BCUT2D eigenvalue weighted by Gasteiger charge is 2.19. The van der Waals surface area contributed by atoms with Gasteiger partial charge in [-0.25, -0.2) is 17.9 Å². The van der Waals surface area contributed by atoms with Crippen LogP contribution in [0.1, 0.15) is 51.2 Å². The van der Waals surface area contributed by atoms with Gasteiger partial charge in [0.1, 0.15) is 5.76 Å². The third kappa shape index (κ3) is 5.35. The summed E-state index contributed by atoms with van der Waals surface area (Å²) >= 11 is 0. The van der Waals surface area contributed by atoms with E-state index in [2.05, 4.69) is 16.2 Å². The van der Waals surface area contributed by atoms with E-state index in [0.717, 1.165) is 24.4 Å². The van der Waals surface area contributed by atoms with Gasteiger partial charge in [-0.05, 0) is 62.7 Å². The highest BCUT2D eigenvalue weighted by atomic mass is 32.2. The summed E-state index contributed by atoms with van der Waals surface area (Å²) in [6.45, 7) is 6.31. The molecule has 0 saturated heterocycles. The summed E-state index contributed by atoms with van der Waals surface area (Å²) in [5, 5.41) is 0. The van der Waals surface area contributed by atoms with E-state index in [1.54, 1.807) is 18.2 Å². The van der Waals surface area contributed by atoms with Gasteiger partial charge in [-0.3, -0.25) is 4.79 Å². The fraction of sp³-hybridized carbons (Fsp3) is 0.304. The normalized spacial score (nSPS) is 11.5. The number of hydrogen-bond acceptors (Lipinski definition) is 6. The van der Waals surface area contributed by atoms with Crippen molar-refractivity contribution in [2.45, 2.75) is 45.2 Å². The molecule has 1 N–H and O–H groups in total. The molecule has 8 nitrogen and oxygen atoms in total. The zero-order valence-corrected chi connectivity index (χ0v) is 19.1. The molecule has 0 aliphatic heterocycles. The van der Waals surface area contributed by atoms with Crippen LogP contribution < -0.4 is 4.72 Å². The number of ether oxygens (including phenoxy) is 1. The van der Waals surface area contributed by atoms with Gasteiger partial charge >= 0.3 is 5.97 Å². The van der Waals surface area contributed by atoms with Gasteiger partial charge < -0.3 is 13.7 Å². The summed E-state index contributed by atoms with van der Waals surface area (Å²) in [4.78, 5) is 24.9. The smallest absolute Gasteiger partial charge is 0.338 e. The molecule has 9 heteroatoms. The Balaban J connectivity index is 1.60. The number of rotatable bonds is 10. The molecule has 32 heavy (non-hydrogen) atoms. The molecule has 0 amide bonds. The van der Waals surface area contributed by atoms with Gasteiger partial charge in [0.15, 0.2) is 6.61 Å². The Hall–Kier alpha value is -3.17. The number of sulfonamides is 1. The Morgan fingerprint density at radius 3 is 2.47 bits per heavy atom. The topological polar surface area (TPSA) is 108 Å². The molecule has 0 radical (unpaired) electrons. The number of nitrogens with zero attached hydrogens (tertiary/aromatic N) is 1. The molecule has 0 spiro atoms. The standard InChI is InChI=1S/C23H26N2O6S/c1-4-11-25-16(2)13-21(17(25)3)22(26)15-31-23(27)18-7-9-20(10-8-18)32(28,29)24-14-19-6-5-12-30-19/h5-10,12-13,24H,4,11,14-15H2,1-3H3. The van der Waals surface area contributed by atoms with Crippen molar-refractivity contribution in [3.05, 3.63) is 77.0 Å². The zero-order valence-electron chi connectivity index (χ0n) is 18.3. The Kier molecular flexibility index (Phi) is 7.32. The van der Waals surface area contributed by atoms with Gasteiger partial charge in [0.25, 0.3) is 0 Å². The average Bonchev–Trinajstić information content (AvgIpc) is 3.40. The number of benzene rings is 1. The number of esters is 1. The minimum absolute atomic E-state index is 0.0000430. The first kappa shape index (κ1) is 23.5. The summed E-state index contributed by atoms with van der Waals surface area (Å²) in [6.07, 6.45) is 2.40. The molecule has 2 aromatic heterocycles. The second-order valence-electron chi connectivity index (χ2n) is 7.36. The number of carbonyl (C=O) groups excluding carboxylic acids is 2. The van der Waals surface area contributed by atoms with Crippen molar-refractivity contribution in [3.63, 3.8) is 0 Å². The lowest BCUT2D eigenvalue weighted by molar-refractivity contribution is 0.0474. The van der Waals surface area contributed by atoms with Crippen molar-refractivity contribution in [3.8, 4) is 0 Å². The monoisotopic (exact) mass is 458 g/mol. The molecule has 0 aliphatic rings. The van der Waals surface area contributed by atoms with Crippen molar-refractivity contribution in [2.24, 2.45) is 0 Å². The minimum Gasteiger partial charge on any atom is -0.468 e. The van der Waals surface area contributed by atoms with Gasteiger partial charge in [-0.1, -0.05) is 6.92 Å².